The van der Waals surface area contributed by atoms with Crippen molar-refractivity contribution in [3.05, 3.63) is 82.9 Å². The number of rotatable bonds is 7. The molecule has 3 rings (SSSR count). The average molecular weight is 477 g/mol. The second-order valence-electron chi connectivity index (χ2n) is 9.27. The molecule has 0 amide bonds. The molecule has 0 saturated carbocycles. The molecule has 2 aromatic carbocycles. The van der Waals surface area contributed by atoms with Gasteiger partial charge in [0.2, 0.25) is 17.4 Å². The smallest absolute Gasteiger partial charge is 0.304 e. The van der Waals surface area contributed by atoms with Gasteiger partial charge in [0.05, 0.1) is 11.7 Å². The zero-order valence-electron chi connectivity index (χ0n) is 20.0. The third-order valence-corrected chi connectivity index (χ3v) is 8.19. The lowest BCUT2D eigenvalue weighted by molar-refractivity contribution is -0.141. The van der Waals surface area contributed by atoms with Crippen molar-refractivity contribution in [3.63, 3.8) is 0 Å². The van der Waals surface area contributed by atoms with Crippen LogP contribution in [0.3, 0.4) is 0 Å². The standard InChI is InChI=1S/C20H24B5NO7S/c1-31-17(28)18(21,22)11-7-9-12(10-8-11)19(23)15(27)14(16(26)32-19)33-34(29,30)20(24,25)13-5-3-2-4-6-13/h2-10H,21-26H2,1H3. The normalized spacial score (nSPS) is 18.9. The third-order valence-electron chi connectivity index (χ3n) is 6.32. The first-order valence-electron chi connectivity index (χ1n) is 10.6. The Morgan fingerprint density at radius 3 is 2.09 bits per heavy atom. The maximum Gasteiger partial charge on any atom is 0.304 e. The van der Waals surface area contributed by atoms with E-state index in [4.69, 9.17) is 19.4 Å². The lowest BCUT2D eigenvalue weighted by atomic mass is 9.51. The Bertz CT molecular complexity index is 1260. The highest BCUT2D eigenvalue weighted by atomic mass is 32.2. The number of hydrogen-bond donors (Lipinski definition) is 1. The highest BCUT2D eigenvalue weighted by Crippen LogP contribution is 2.38. The van der Waals surface area contributed by atoms with Gasteiger partial charge < -0.3 is 19.4 Å². The number of benzene rings is 2. The van der Waals surface area contributed by atoms with Crippen LogP contribution < -0.4 is 5.73 Å². The lowest BCUT2D eigenvalue weighted by Gasteiger charge is -2.27. The van der Waals surface area contributed by atoms with Gasteiger partial charge in [-0.25, -0.2) is 0 Å². The number of ether oxygens (including phenoxy) is 2. The van der Waals surface area contributed by atoms with Crippen molar-refractivity contribution in [2.75, 3.05) is 7.11 Å². The van der Waals surface area contributed by atoms with Crippen LogP contribution in [0.5, 0.6) is 0 Å². The van der Waals surface area contributed by atoms with Gasteiger partial charge in [0.1, 0.15) is 31.4 Å². The molecule has 1 aliphatic rings. The molecule has 1 aliphatic heterocycles. The van der Waals surface area contributed by atoms with Crippen molar-refractivity contribution in [2.24, 2.45) is 5.73 Å². The number of Topliss-reactive ketones (excluding diaryl/α,β-unsaturated/α-hetero) is 1. The Hall–Kier alpha value is -3.01. The number of nitrogens with two attached hydrogens (primary N) is 1. The Kier molecular flexibility index (Phi) is 6.52. The maximum absolute atomic E-state index is 13.3. The van der Waals surface area contributed by atoms with Crippen molar-refractivity contribution in [3.8, 4) is 0 Å². The van der Waals surface area contributed by atoms with Crippen LogP contribution >= 0.6 is 0 Å². The summed E-state index contributed by atoms with van der Waals surface area (Å²) in [5, 5.41) is -0.905. The Morgan fingerprint density at radius 1 is 1.00 bits per heavy atom. The Balaban J connectivity index is 1.89. The van der Waals surface area contributed by atoms with Crippen molar-refractivity contribution in [2.45, 2.75) is 15.3 Å². The second-order valence-corrected chi connectivity index (χ2v) is 11.4. The predicted molar refractivity (Wildman–Crippen MR) is 140 cm³/mol. The molecule has 8 nitrogen and oxygen atoms in total. The molecule has 0 radical (unpaired) electrons. The fourth-order valence-corrected chi connectivity index (χ4v) is 4.70. The molecule has 0 saturated heterocycles. The SMILES string of the molecule is BC(B)(C(=O)OC)c1ccc(C2(B)OC(N)=C(OS(=O)(=O)C(B)(B)c3ccccc3)C2=O)cc1. The van der Waals surface area contributed by atoms with E-state index in [0.29, 0.717) is 16.7 Å². The number of carbonyl (C=O) groups is 2. The summed E-state index contributed by atoms with van der Waals surface area (Å²) in [6, 6.07) is 15.1. The Morgan fingerprint density at radius 2 is 1.56 bits per heavy atom. The highest BCUT2D eigenvalue weighted by molar-refractivity contribution is 7.90. The molecule has 1 heterocycles. The lowest BCUT2D eigenvalue weighted by Crippen LogP contribution is -2.40. The molecule has 0 bridgehead atoms. The topological polar surface area (TPSA) is 122 Å². The molecule has 0 spiro atoms. The summed E-state index contributed by atoms with van der Waals surface area (Å²) in [6.45, 7) is 0. The van der Waals surface area contributed by atoms with Crippen molar-refractivity contribution >= 4 is 61.1 Å². The average Bonchev–Trinajstić information content (AvgIpc) is 3.02. The van der Waals surface area contributed by atoms with Gasteiger partial charge in [-0.1, -0.05) is 54.6 Å². The van der Waals surface area contributed by atoms with Crippen LogP contribution in [0.2, 0.25) is 0 Å². The molecule has 14 heteroatoms. The van der Waals surface area contributed by atoms with E-state index in [1.165, 1.54) is 30.6 Å². The van der Waals surface area contributed by atoms with E-state index in [0.717, 1.165) is 0 Å². The van der Waals surface area contributed by atoms with E-state index < -0.39 is 48.8 Å². The largest absolute Gasteiger partial charge is 0.469 e. The van der Waals surface area contributed by atoms with Gasteiger partial charge in [-0.05, 0) is 16.7 Å². The van der Waals surface area contributed by atoms with E-state index in [1.807, 2.05) is 0 Å². The summed E-state index contributed by atoms with van der Waals surface area (Å²) >= 11 is 0. The molecule has 0 aromatic heterocycles. The minimum atomic E-state index is -4.32. The number of carbonyl (C=O) groups excluding carboxylic acids is 2. The monoisotopic (exact) mass is 477 g/mol. The molecule has 2 aromatic rings. The van der Waals surface area contributed by atoms with Gasteiger partial charge in [0.15, 0.2) is 13.3 Å². The molecular formula is C20H24B5NO7S. The van der Waals surface area contributed by atoms with Gasteiger partial charge in [-0.15, -0.1) is 0 Å². The zero-order chi connectivity index (χ0) is 25.5. The van der Waals surface area contributed by atoms with Crippen molar-refractivity contribution in [1.82, 2.24) is 0 Å². The van der Waals surface area contributed by atoms with E-state index in [2.05, 4.69) is 0 Å². The molecule has 34 heavy (non-hydrogen) atoms. The summed E-state index contributed by atoms with van der Waals surface area (Å²) in [7, 11) is 4.87. The number of methoxy groups -OCH3 is 1. The van der Waals surface area contributed by atoms with Crippen LogP contribution in [0.1, 0.15) is 16.7 Å². The van der Waals surface area contributed by atoms with Crippen LogP contribution in [0.15, 0.2) is 66.2 Å². The quantitative estimate of drug-likeness (QED) is 0.246. The molecule has 0 fully saturated rings. The molecule has 0 aliphatic carbocycles. The van der Waals surface area contributed by atoms with Gasteiger partial charge in [0, 0.05) is 5.21 Å². The number of ketones is 1. The predicted octanol–water partition coefficient (Wildman–Crippen LogP) is -3.79. The van der Waals surface area contributed by atoms with E-state index in [-0.39, 0.29) is 0 Å². The molecule has 1 unspecified atom stereocenters. The van der Waals surface area contributed by atoms with E-state index >= 15 is 0 Å². The molecule has 2 N–H and O–H groups in total. The fourth-order valence-electron chi connectivity index (χ4n) is 3.69. The zero-order valence-corrected chi connectivity index (χ0v) is 20.9. The van der Waals surface area contributed by atoms with Crippen LogP contribution in [0, 0.1) is 0 Å². The summed E-state index contributed by atoms with van der Waals surface area (Å²) in [5.41, 5.74) is 5.90. The first kappa shape index (κ1) is 25.6. The van der Waals surface area contributed by atoms with Crippen LogP contribution in [0.4, 0.5) is 0 Å². The van der Waals surface area contributed by atoms with Crippen LogP contribution in [-0.4, -0.2) is 66.5 Å². The van der Waals surface area contributed by atoms with Crippen molar-refractivity contribution in [1.29, 1.82) is 0 Å². The van der Waals surface area contributed by atoms with Crippen molar-refractivity contribution < 1.29 is 31.7 Å². The summed E-state index contributed by atoms with van der Waals surface area (Å²) in [4.78, 5) is 25.4. The highest BCUT2D eigenvalue weighted by Gasteiger charge is 2.51. The fraction of sp³-hybridized carbons (Fsp3) is 0.200. The minimum Gasteiger partial charge on any atom is -0.469 e. The van der Waals surface area contributed by atoms with Gasteiger partial charge >= 0.3 is 10.1 Å². The summed E-state index contributed by atoms with van der Waals surface area (Å²) < 4.78 is 40.6. The number of esters is 1. The van der Waals surface area contributed by atoms with Crippen LogP contribution in [0.25, 0.3) is 0 Å². The third kappa shape index (κ3) is 4.15. The van der Waals surface area contributed by atoms with Gasteiger partial charge in [-0.2, -0.15) is 8.42 Å². The van der Waals surface area contributed by atoms with Gasteiger partial charge in [-0.3, -0.25) is 9.59 Å². The summed E-state index contributed by atoms with van der Waals surface area (Å²) in [6.07, 6.45) is 0. The molecule has 1 atom stereocenters. The molecular weight excluding hydrogens is 452 g/mol. The minimum absolute atomic E-state index is 0.410. The van der Waals surface area contributed by atoms with E-state index in [1.54, 1.807) is 70.3 Å². The van der Waals surface area contributed by atoms with E-state index in [9.17, 15) is 18.0 Å². The van der Waals surface area contributed by atoms with Gasteiger partial charge in [0.25, 0.3) is 5.97 Å². The first-order valence-corrected chi connectivity index (χ1v) is 12.0. The maximum atomic E-state index is 13.3. The first-order chi connectivity index (χ1) is 15.7. The summed E-state index contributed by atoms with van der Waals surface area (Å²) in [5.74, 6) is -2.12. The van der Waals surface area contributed by atoms with Crippen LogP contribution in [-0.2, 0) is 48.6 Å². The Labute approximate surface area is 203 Å². The number of hydrogen-bond acceptors (Lipinski definition) is 8. The molecule has 172 valence electrons. The second kappa shape index (κ2) is 8.65.